The van der Waals surface area contributed by atoms with Crippen molar-refractivity contribution in [3.05, 3.63) is 64.9 Å². The van der Waals surface area contributed by atoms with E-state index in [1.165, 1.54) is 35.6 Å². The molecule has 0 fully saturated rings. The molecule has 10 heteroatoms. The molecule has 2 aromatic carbocycles. The second-order valence-electron chi connectivity index (χ2n) is 6.70. The molecule has 5 nitrogen and oxygen atoms in total. The van der Waals surface area contributed by atoms with Crippen LogP contribution in [0.5, 0.6) is 0 Å². The van der Waals surface area contributed by atoms with Crippen LogP contribution in [0.3, 0.4) is 0 Å². The number of halogens is 3. The van der Waals surface area contributed by atoms with Crippen molar-refractivity contribution in [3.8, 4) is 11.1 Å². The van der Waals surface area contributed by atoms with Crippen LogP contribution in [0.2, 0.25) is 0 Å². The molecule has 2 N–H and O–H groups in total. The summed E-state index contributed by atoms with van der Waals surface area (Å²) in [5, 5.41) is 8.61. The highest BCUT2D eigenvalue weighted by Gasteiger charge is 2.30. The smallest absolute Gasteiger partial charge is 0.308 e. The molecule has 0 aliphatic rings. The van der Waals surface area contributed by atoms with Gasteiger partial charge in [-0.2, -0.15) is 24.5 Å². The Kier molecular flexibility index (Phi) is 6.71. The number of benzene rings is 2. The maximum atomic E-state index is 12.9. The van der Waals surface area contributed by atoms with Crippen LogP contribution in [0.15, 0.2) is 64.2 Å². The van der Waals surface area contributed by atoms with Crippen molar-refractivity contribution in [1.29, 1.82) is 0 Å². The molecule has 3 rings (SSSR count). The Labute approximate surface area is 181 Å². The van der Waals surface area contributed by atoms with Crippen LogP contribution in [0.1, 0.15) is 18.9 Å². The van der Waals surface area contributed by atoms with Crippen LogP contribution in [-0.4, -0.2) is 20.2 Å². The Morgan fingerprint density at radius 3 is 2.48 bits per heavy atom. The molecule has 0 spiro atoms. The minimum atomic E-state index is -4.54. The number of carbonyl (C=O) groups is 1. The van der Waals surface area contributed by atoms with Gasteiger partial charge in [0.1, 0.15) is 0 Å². The molecule has 1 heterocycles. The average molecular weight is 469 g/mol. The summed E-state index contributed by atoms with van der Waals surface area (Å²) in [4.78, 5) is 12.6. The Hall–Kier alpha value is -2.85. The van der Waals surface area contributed by atoms with Crippen molar-refractivity contribution >= 4 is 38.6 Å². The summed E-state index contributed by atoms with van der Waals surface area (Å²) >= 11 is 1.43. The van der Waals surface area contributed by atoms with E-state index in [4.69, 9.17) is 0 Å². The summed E-state index contributed by atoms with van der Waals surface area (Å²) in [5.74, 6) is -0.0410. The van der Waals surface area contributed by atoms with Gasteiger partial charge in [-0.25, -0.2) is 13.2 Å². The van der Waals surface area contributed by atoms with Crippen LogP contribution in [0, 0.1) is 0 Å². The number of hydrogen-bond acceptors (Lipinski definition) is 4. The van der Waals surface area contributed by atoms with Crippen molar-refractivity contribution in [1.82, 2.24) is 0 Å². The fourth-order valence-electron chi connectivity index (χ4n) is 2.93. The summed E-state index contributed by atoms with van der Waals surface area (Å²) < 4.78 is 63.6. The Balaban J connectivity index is 1.91. The Bertz CT molecular complexity index is 1170. The molecule has 0 unspecified atom stereocenters. The maximum Gasteiger partial charge on any atom is 0.416 e. The summed E-state index contributed by atoms with van der Waals surface area (Å²) in [5.41, 5.74) is 0.672. The molecule has 3 aromatic rings. The quantitative estimate of drug-likeness (QED) is 0.448. The molecule has 31 heavy (non-hydrogen) atoms. The van der Waals surface area contributed by atoms with Crippen LogP contribution in [0.4, 0.5) is 29.3 Å². The molecule has 0 bridgehead atoms. The standard InChI is InChI=1S/C21H19F3N2O3S2/c1-2-10-31(28,29)17-6-7-18(14-8-9-30-13-14)19(12-17)26-20(27)25-16-5-3-4-15(11-16)21(22,23)24/h3-9,11-13H,2,10H2,1H3,(H2,25,26,27). The van der Waals surface area contributed by atoms with E-state index in [1.54, 1.807) is 13.0 Å². The lowest BCUT2D eigenvalue weighted by Gasteiger charge is -2.14. The zero-order valence-corrected chi connectivity index (χ0v) is 18.0. The molecule has 0 aliphatic carbocycles. The van der Waals surface area contributed by atoms with Crippen LogP contribution < -0.4 is 10.6 Å². The first-order valence-corrected chi connectivity index (χ1v) is 11.8. The number of urea groups is 1. The van der Waals surface area contributed by atoms with Gasteiger partial charge in [-0.3, -0.25) is 0 Å². The molecule has 0 aliphatic heterocycles. The zero-order valence-electron chi connectivity index (χ0n) is 16.4. The van der Waals surface area contributed by atoms with Crippen LogP contribution in [0.25, 0.3) is 11.1 Å². The van der Waals surface area contributed by atoms with Gasteiger partial charge in [-0.1, -0.05) is 19.1 Å². The third kappa shape index (κ3) is 5.65. The summed E-state index contributed by atoms with van der Waals surface area (Å²) in [7, 11) is -3.53. The first kappa shape index (κ1) is 22.8. The number of carbonyl (C=O) groups excluding carboxylic acids is 1. The Morgan fingerprint density at radius 1 is 1.06 bits per heavy atom. The number of thiophene rings is 1. The molecule has 0 saturated heterocycles. The molecule has 1 aromatic heterocycles. The van der Waals surface area contributed by atoms with Crippen molar-refractivity contribution in [2.45, 2.75) is 24.4 Å². The van der Waals surface area contributed by atoms with E-state index in [1.807, 2.05) is 16.8 Å². The average Bonchev–Trinajstić information content (AvgIpc) is 3.22. The van der Waals surface area contributed by atoms with Gasteiger partial charge in [0.2, 0.25) is 0 Å². The van der Waals surface area contributed by atoms with Gasteiger partial charge in [-0.05, 0) is 59.1 Å². The van der Waals surface area contributed by atoms with Gasteiger partial charge < -0.3 is 10.6 Å². The van der Waals surface area contributed by atoms with E-state index in [9.17, 15) is 26.4 Å². The summed E-state index contributed by atoms with van der Waals surface area (Å²) in [6.07, 6.45) is -4.10. The number of hydrogen-bond donors (Lipinski definition) is 2. The maximum absolute atomic E-state index is 12.9. The molecular formula is C21H19F3N2O3S2. The lowest BCUT2D eigenvalue weighted by molar-refractivity contribution is -0.137. The van der Waals surface area contributed by atoms with Crippen LogP contribution >= 0.6 is 11.3 Å². The first-order chi connectivity index (χ1) is 14.6. The second-order valence-corrected chi connectivity index (χ2v) is 9.59. The molecule has 0 radical (unpaired) electrons. The third-order valence-electron chi connectivity index (χ3n) is 4.35. The van der Waals surface area contributed by atoms with E-state index in [0.717, 1.165) is 17.7 Å². The van der Waals surface area contributed by atoms with E-state index in [2.05, 4.69) is 10.6 Å². The van der Waals surface area contributed by atoms with Gasteiger partial charge in [0.25, 0.3) is 0 Å². The van der Waals surface area contributed by atoms with Gasteiger partial charge in [0.05, 0.1) is 21.9 Å². The van der Waals surface area contributed by atoms with Crippen molar-refractivity contribution < 1.29 is 26.4 Å². The summed E-state index contributed by atoms with van der Waals surface area (Å²) in [6.45, 7) is 1.75. The normalized spacial score (nSPS) is 11.9. The lowest BCUT2D eigenvalue weighted by Crippen LogP contribution is -2.20. The minimum Gasteiger partial charge on any atom is -0.308 e. The topological polar surface area (TPSA) is 75.3 Å². The fourth-order valence-corrected chi connectivity index (χ4v) is 4.94. The number of anilines is 2. The van der Waals surface area contributed by atoms with Crippen molar-refractivity contribution in [2.75, 3.05) is 16.4 Å². The van der Waals surface area contributed by atoms with E-state index in [-0.39, 0.29) is 22.0 Å². The summed E-state index contributed by atoms with van der Waals surface area (Å²) in [6, 6.07) is 9.71. The number of nitrogens with one attached hydrogen (secondary N) is 2. The number of rotatable bonds is 6. The predicted molar refractivity (Wildman–Crippen MR) is 116 cm³/mol. The van der Waals surface area contributed by atoms with E-state index in [0.29, 0.717) is 12.0 Å². The highest BCUT2D eigenvalue weighted by Crippen LogP contribution is 2.33. The molecule has 2 amide bonds. The highest BCUT2D eigenvalue weighted by atomic mass is 32.2. The first-order valence-electron chi connectivity index (χ1n) is 9.25. The predicted octanol–water partition coefficient (Wildman–Crippen LogP) is 6.26. The van der Waals surface area contributed by atoms with Crippen LogP contribution in [-0.2, 0) is 16.0 Å². The highest BCUT2D eigenvalue weighted by molar-refractivity contribution is 7.91. The van der Waals surface area contributed by atoms with E-state index >= 15 is 0 Å². The van der Waals surface area contributed by atoms with E-state index < -0.39 is 27.6 Å². The van der Waals surface area contributed by atoms with Gasteiger partial charge >= 0.3 is 12.2 Å². The van der Waals surface area contributed by atoms with Crippen molar-refractivity contribution in [2.24, 2.45) is 0 Å². The zero-order chi connectivity index (χ0) is 22.6. The third-order valence-corrected chi connectivity index (χ3v) is 6.95. The van der Waals surface area contributed by atoms with Gasteiger partial charge in [0, 0.05) is 11.3 Å². The Morgan fingerprint density at radius 2 is 1.84 bits per heavy atom. The van der Waals surface area contributed by atoms with Gasteiger partial charge in [0.15, 0.2) is 9.84 Å². The number of amides is 2. The number of alkyl halides is 3. The largest absolute Gasteiger partial charge is 0.416 e. The molecular weight excluding hydrogens is 449 g/mol. The molecule has 0 saturated carbocycles. The SMILES string of the molecule is CCCS(=O)(=O)c1ccc(-c2ccsc2)c(NC(=O)Nc2cccc(C(F)(F)F)c2)c1. The lowest BCUT2D eigenvalue weighted by atomic mass is 10.1. The molecule has 0 atom stereocenters. The second kappa shape index (κ2) is 9.11. The van der Waals surface area contributed by atoms with Crippen molar-refractivity contribution in [3.63, 3.8) is 0 Å². The number of sulfone groups is 1. The minimum absolute atomic E-state index is 0.0410. The molecule has 164 valence electrons. The fraction of sp³-hybridized carbons (Fsp3) is 0.190. The van der Waals surface area contributed by atoms with Gasteiger partial charge in [-0.15, -0.1) is 0 Å². The monoisotopic (exact) mass is 468 g/mol.